The molecule has 4 aromatic rings. The summed E-state index contributed by atoms with van der Waals surface area (Å²) < 4.78 is 28.7. The van der Waals surface area contributed by atoms with E-state index in [-0.39, 0.29) is 0 Å². The molecule has 0 spiro atoms. The van der Waals surface area contributed by atoms with Gasteiger partial charge in [0.2, 0.25) is 12.7 Å². The first kappa shape index (κ1) is 61.9. The van der Waals surface area contributed by atoms with Gasteiger partial charge in [-0.2, -0.15) is 0 Å². The number of nitrogens with zero attached hydrogens (tertiary/aromatic N) is 12. The molecule has 0 radical (unpaired) electrons. The third-order valence-corrected chi connectivity index (χ3v) is 15.6. The van der Waals surface area contributed by atoms with E-state index in [0.29, 0.717) is 0 Å². The molecule has 0 saturated carbocycles. The molecule has 8 rings (SSSR count). The van der Waals surface area contributed by atoms with Crippen molar-refractivity contribution in [3.63, 3.8) is 0 Å². The first-order valence-corrected chi connectivity index (χ1v) is 29.4. The minimum atomic E-state index is 0.814. The Morgan fingerprint density at radius 1 is 0.457 bits per heavy atom. The maximum atomic E-state index is 5.73. The van der Waals surface area contributed by atoms with Gasteiger partial charge in [0.05, 0.1) is 153 Å². The highest BCUT2D eigenvalue weighted by atomic mass is 79.9. The van der Waals surface area contributed by atoms with E-state index in [9.17, 15) is 0 Å². The maximum absolute atomic E-state index is 5.73. The summed E-state index contributed by atoms with van der Waals surface area (Å²) in [6, 6.07) is 0. The van der Waals surface area contributed by atoms with E-state index in [1.165, 1.54) is 198 Å². The standard InChI is InChI=1S/C14H27N3.C13H25N3O.C10H21BrN.C9H19BrNO.2C4H6N2/c1-15-9-10-16(14-15)8-4-3-5-11-17(2)12-6-7-13-17;1-14-5-6-15(13-14)7-11-17-12-10-16(2)8-3-4-9-16;1-12(9-5-6-10-12)8-4-2-3-7-11;1-11(5-2-3-6-11)7-9-12-8-4-10;2*1-6-3-2-5-4-6/h9-10,14H,3-8,11-13H2,1-2H3;5-6,13H,3-4,7-12H2,1-2H3;2-10H2,1H3;2-9H2,1H3;2*2-4H,1H3/q2*+2;2*+1;;. The molecule has 0 atom stereocenters. The minimum Gasteiger partial charge on any atom is -0.375 e. The van der Waals surface area contributed by atoms with Crippen molar-refractivity contribution >= 4 is 31.9 Å². The Balaban J connectivity index is 0.000000230. The number of ether oxygens (including phenoxy) is 2. The van der Waals surface area contributed by atoms with Gasteiger partial charge in [0.1, 0.15) is 44.4 Å². The first-order chi connectivity index (χ1) is 33.7. The highest BCUT2D eigenvalue weighted by molar-refractivity contribution is 9.09. The number of halogens is 2. The predicted octanol–water partition coefficient (Wildman–Crippen LogP) is 7.56. The molecule has 4 aromatic heterocycles. The number of alkyl halides is 2. The van der Waals surface area contributed by atoms with E-state index < -0.39 is 0 Å². The van der Waals surface area contributed by atoms with Crippen LogP contribution in [0.1, 0.15) is 89.9 Å². The molecular formula is C54H104Br2N12O2+6. The van der Waals surface area contributed by atoms with Crippen LogP contribution in [0.4, 0.5) is 0 Å². The van der Waals surface area contributed by atoms with Crippen molar-refractivity contribution in [2.24, 2.45) is 28.2 Å². The number of aromatic nitrogens is 8. The van der Waals surface area contributed by atoms with E-state index >= 15 is 0 Å². The zero-order valence-corrected chi connectivity index (χ0v) is 49.1. The molecule has 0 bridgehead atoms. The molecule has 0 aliphatic carbocycles. The number of imidazole rings is 4. The van der Waals surface area contributed by atoms with E-state index in [2.05, 4.69) is 133 Å². The Labute approximate surface area is 444 Å². The Morgan fingerprint density at radius 3 is 1.17 bits per heavy atom. The lowest BCUT2D eigenvalue weighted by Gasteiger charge is -2.29. The summed E-state index contributed by atoms with van der Waals surface area (Å²) in [4.78, 5) is 7.57. The van der Waals surface area contributed by atoms with E-state index in [1.54, 1.807) is 25.0 Å². The molecule has 0 unspecified atom stereocenters. The highest BCUT2D eigenvalue weighted by Gasteiger charge is 2.28. The van der Waals surface area contributed by atoms with Crippen LogP contribution < -0.4 is 9.13 Å². The molecule has 0 amide bonds. The lowest BCUT2D eigenvalue weighted by Crippen LogP contribution is -2.43. The molecule has 0 aromatic carbocycles. The van der Waals surface area contributed by atoms with Crippen LogP contribution in [-0.4, -0.2) is 190 Å². The normalized spacial score (nSPS) is 18.0. The second-order valence-electron chi connectivity index (χ2n) is 21.8. The zero-order chi connectivity index (χ0) is 50.8. The summed E-state index contributed by atoms with van der Waals surface area (Å²) in [5.74, 6) is 0. The lowest BCUT2D eigenvalue weighted by atomic mass is 10.2. The van der Waals surface area contributed by atoms with Crippen molar-refractivity contribution in [3.05, 3.63) is 74.9 Å². The van der Waals surface area contributed by atoms with Gasteiger partial charge in [0.15, 0.2) is 0 Å². The summed E-state index contributed by atoms with van der Waals surface area (Å²) >= 11 is 6.82. The Morgan fingerprint density at radius 2 is 0.843 bits per heavy atom. The maximum Gasteiger partial charge on any atom is 0.243 e. The Bertz CT molecular complexity index is 1660. The van der Waals surface area contributed by atoms with Gasteiger partial charge in [-0.25, -0.2) is 28.2 Å². The largest absolute Gasteiger partial charge is 0.375 e. The van der Waals surface area contributed by atoms with Crippen LogP contribution >= 0.6 is 31.9 Å². The number of unbranched alkanes of at least 4 members (excludes halogenated alkanes) is 4. The van der Waals surface area contributed by atoms with Gasteiger partial charge in [0.25, 0.3) is 0 Å². The van der Waals surface area contributed by atoms with Crippen molar-refractivity contribution in [1.29, 1.82) is 0 Å². The van der Waals surface area contributed by atoms with Gasteiger partial charge in [-0.05, 0) is 38.5 Å². The van der Waals surface area contributed by atoms with Crippen molar-refractivity contribution in [2.75, 3.05) is 144 Å². The number of rotatable bonds is 22. The highest BCUT2D eigenvalue weighted by Crippen LogP contribution is 2.19. The third-order valence-electron chi connectivity index (χ3n) is 14.7. The number of hydrogen-bond donors (Lipinski definition) is 0. The fourth-order valence-electron chi connectivity index (χ4n) is 9.94. The topological polar surface area (TPSA) is 71.7 Å². The molecule has 4 aliphatic rings. The monoisotopic (exact) mass is 1110 g/mol. The van der Waals surface area contributed by atoms with Gasteiger partial charge in [-0.1, -0.05) is 31.9 Å². The average molecular weight is 1110 g/mol. The number of hydrogen-bond acceptors (Lipinski definition) is 4. The fraction of sp³-hybridized carbons (Fsp3) is 0.778. The van der Waals surface area contributed by atoms with Crippen LogP contribution in [0.25, 0.3) is 0 Å². The van der Waals surface area contributed by atoms with E-state index in [1.807, 2.05) is 42.7 Å². The van der Waals surface area contributed by atoms with Crippen LogP contribution in [-0.2, 0) is 50.8 Å². The smallest absolute Gasteiger partial charge is 0.243 e. The molecule has 4 aliphatic heterocycles. The fourth-order valence-corrected chi connectivity index (χ4v) is 10.6. The average Bonchev–Trinajstić information content (AvgIpc) is 4.19. The number of aryl methyl sites for hydroxylation is 5. The van der Waals surface area contributed by atoms with Crippen molar-refractivity contribution in [1.82, 2.24) is 28.2 Å². The van der Waals surface area contributed by atoms with Crippen molar-refractivity contribution in [2.45, 2.75) is 103 Å². The molecular weight excluding hydrogens is 1010 g/mol. The second kappa shape index (κ2) is 35.7. The van der Waals surface area contributed by atoms with Gasteiger partial charge in [-0.15, -0.1) is 0 Å². The molecule has 0 N–H and O–H groups in total. The first-order valence-electron chi connectivity index (χ1n) is 27.2. The van der Waals surface area contributed by atoms with Crippen LogP contribution in [0.5, 0.6) is 0 Å². The minimum absolute atomic E-state index is 0.814. The quantitative estimate of drug-likeness (QED) is 0.0353. The molecule has 14 nitrogen and oxygen atoms in total. The van der Waals surface area contributed by atoms with Gasteiger partial charge < -0.3 is 36.5 Å². The molecule has 70 heavy (non-hydrogen) atoms. The van der Waals surface area contributed by atoms with Crippen LogP contribution in [0.15, 0.2) is 74.9 Å². The van der Waals surface area contributed by atoms with Gasteiger partial charge in [-0.3, -0.25) is 0 Å². The molecule has 8 heterocycles. The number of likely N-dealkylation sites (N-methyl/N-ethyl adjacent to an activating group) is 2. The lowest BCUT2D eigenvalue weighted by molar-refractivity contribution is -0.898. The second-order valence-corrected chi connectivity index (χ2v) is 23.4. The summed E-state index contributed by atoms with van der Waals surface area (Å²) in [7, 11) is 17.5. The van der Waals surface area contributed by atoms with E-state index in [4.69, 9.17) is 9.47 Å². The SMILES string of the molecule is C[N+]1(CCCCCBr)CCCC1.C[N+]1(CCOCCBr)CCCC1.C[n+]1ccn(CCCCC[N+]2(C)CCCC2)c1.C[n+]1ccn(CCOCC[N+]2(C)CCCC2)c1.Cn1ccnc1.Cn1ccnc1. The van der Waals surface area contributed by atoms with Crippen LogP contribution in [0.3, 0.4) is 0 Å². The molecule has 16 heteroatoms. The van der Waals surface area contributed by atoms with Crippen LogP contribution in [0.2, 0.25) is 0 Å². The van der Waals surface area contributed by atoms with Gasteiger partial charge >= 0.3 is 0 Å². The summed E-state index contributed by atoms with van der Waals surface area (Å²) in [5, 5.41) is 2.13. The Hall–Kier alpha value is -2.44. The van der Waals surface area contributed by atoms with Gasteiger partial charge in [0, 0.05) is 101 Å². The van der Waals surface area contributed by atoms with Crippen molar-refractivity contribution < 1.29 is 36.5 Å². The Kier molecular flexibility index (Phi) is 31.5. The zero-order valence-electron chi connectivity index (χ0n) is 45.9. The molecule has 4 fully saturated rings. The summed E-state index contributed by atoms with van der Waals surface area (Å²) in [6.45, 7) is 21.8. The number of likely N-dealkylation sites (tertiary alicyclic amines) is 4. The molecule has 400 valence electrons. The molecule has 4 saturated heterocycles. The third kappa shape index (κ3) is 28.7. The number of quaternary nitrogens is 4. The van der Waals surface area contributed by atoms with Crippen molar-refractivity contribution in [3.8, 4) is 0 Å². The summed E-state index contributed by atoms with van der Waals surface area (Å²) in [5.41, 5.74) is 0. The van der Waals surface area contributed by atoms with E-state index in [0.717, 1.165) is 38.3 Å². The predicted molar refractivity (Wildman–Crippen MR) is 295 cm³/mol. The summed E-state index contributed by atoms with van der Waals surface area (Å²) in [6.07, 6.45) is 43.0. The van der Waals surface area contributed by atoms with Crippen LogP contribution in [0, 0.1) is 0 Å².